The first-order valence-electron chi connectivity index (χ1n) is 13.1. The summed E-state index contributed by atoms with van der Waals surface area (Å²) in [5, 5.41) is 16.0. The van der Waals surface area contributed by atoms with E-state index in [2.05, 4.69) is 20.4 Å². The number of ether oxygens (including phenoxy) is 2. The van der Waals surface area contributed by atoms with Crippen LogP contribution in [-0.4, -0.2) is 73.0 Å². The Hall–Kier alpha value is -4.24. The molecule has 3 atom stereocenters. The van der Waals surface area contributed by atoms with Crippen molar-refractivity contribution in [2.75, 3.05) is 11.5 Å². The topological polar surface area (TPSA) is 186 Å². The summed E-state index contributed by atoms with van der Waals surface area (Å²) >= 11 is 2.38. The molecule has 222 valence electrons. The number of β-lactam (4-membered cyclic amide) rings is 1. The van der Waals surface area contributed by atoms with Crippen LogP contribution in [0.15, 0.2) is 52.4 Å². The summed E-state index contributed by atoms with van der Waals surface area (Å²) in [7, 11) is 0. The number of carbonyl (C=O) groups is 4. The molecule has 2 aliphatic heterocycles. The van der Waals surface area contributed by atoms with Gasteiger partial charge < -0.3 is 25.7 Å². The lowest BCUT2D eigenvalue weighted by Gasteiger charge is -2.49. The van der Waals surface area contributed by atoms with E-state index < -0.39 is 47.2 Å². The molecule has 0 aromatic carbocycles. The minimum absolute atomic E-state index is 0.0249. The quantitative estimate of drug-likeness (QED) is 0.0843. The number of hydrogen-bond donors (Lipinski definition) is 3. The number of fused-ring (bicyclic) bond motifs is 1. The third kappa shape index (κ3) is 6.62. The van der Waals surface area contributed by atoms with Gasteiger partial charge in [0.2, 0.25) is 6.29 Å². The summed E-state index contributed by atoms with van der Waals surface area (Å²) in [6.45, 7) is 5.16. The number of anilines is 1. The Kier molecular flexibility index (Phi) is 9.96. The van der Waals surface area contributed by atoms with Gasteiger partial charge in [0.05, 0.1) is 5.92 Å². The zero-order valence-electron chi connectivity index (χ0n) is 23.1. The Morgan fingerprint density at radius 3 is 2.67 bits per heavy atom. The second kappa shape index (κ2) is 13.6. The molecule has 2 aromatic rings. The molecular formula is C27H30N6O7S2. The zero-order chi connectivity index (χ0) is 30.4. The fraction of sp³-hybridized carbons (Fsp3) is 0.370. The number of allylic oxidation sites excluding steroid dienone is 1. The van der Waals surface area contributed by atoms with E-state index in [0.29, 0.717) is 24.2 Å². The van der Waals surface area contributed by atoms with Crippen molar-refractivity contribution in [3.63, 3.8) is 0 Å². The number of pyridine rings is 1. The van der Waals surface area contributed by atoms with Gasteiger partial charge in [-0.15, -0.1) is 23.1 Å². The van der Waals surface area contributed by atoms with E-state index >= 15 is 0 Å². The van der Waals surface area contributed by atoms with Crippen molar-refractivity contribution in [3.05, 3.63) is 58.5 Å². The third-order valence-corrected chi connectivity index (χ3v) is 8.57. The number of amides is 2. The van der Waals surface area contributed by atoms with Crippen LogP contribution >= 0.6 is 23.1 Å². The van der Waals surface area contributed by atoms with Gasteiger partial charge in [-0.3, -0.25) is 24.3 Å². The van der Waals surface area contributed by atoms with E-state index in [1.54, 1.807) is 30.6 Å². The molecule has 4 heterocycles. The summed E-state index contributed by atoms with van der Waals surface area (Å²) in [4.78, 5) is 61.3. The van der Waals surface area contributed by atoms with Gasteiger partial charge in [0.1, 0.15) is 22.8 Å². The summed E-state index contributed by atoms with van der Waals surface area (Å²) < 4.78 is 10.8. The highest BCUT2D eigenvalue weighted by Gasteiger charge is 2.54. The van der Waals surface area contributed by atoms with E-state index in [-0.39, 0.29) is 22.4 Å². The predicted molar refractivity (Wildman–Crippen MR) is 156 cm³/mol. The molecule has 4 N–H and O–H groups in total. The van der Waals surface area contributed by atoms with Crippen LogP contribution < -0.4 is 11.1 Å². The number of esters is 2. The Morgan fingerprint density at radius 1 is 1.29 bits per heavy atom. The van der Waals surface area contributed by atoms with Gasteiger partial charge in [-0.25, -0.2) is 9.78 Å². The van der Waals surface area contributed by atoms with Crippen LogP contribution in [0.3, 0.4) is 0 Å². The van der Waals surface area contributed by atoms with Gasteiger partial charge >= 0.3 is 11.9 Å². The van der Waals surface area contributed by atoms with Crippen molar-refractivity contribution in [1.29, 1.82) is 0 Å². The van der Waals surface area contributed by atoms with Crippen LogP contribution in [0.2, 0.25) is 0 Å². The number of thiazole rings is 1. The first-order chi connectivity index (χ1) is 20.2. The van der Waals surface area contributed by atoms with Crippen LogP contribution in [-0.2, 0) is 28.7 Å². The Balaban J connectivity index is 1.55. The number of hydrogen-bond acceptors (Lipinski definition) is 13. The lowest BCUT2D eigenvalue weighted by molar-refractivity contribution is -0.187. The first kappa shape index (κ1) is 30.7. The van der Waals surface area contributed by atoms with Crippen LogP contribution in [0, 0.1) is 5.92 Å². The van der Waals surface area contributed by atoms with Crippen molar-refractivity contribution in [2.45, 2.75) is 51.3 Å². The van der Waals surface area contributed by atoms with E-state index in [1.807, 2.05) is 19.9 Å². The van der Waals surface area contributed by atoms with Crippen LogP contribution in [0.1, 0.15) is 44.9 Å². The molecule has 13 nitrogen and oxygen atoms in total. The minimum atomic E-state index is -1.20. The maximum absolute atomic E-state index is 13.4. The molecule has 42 heavy (non-hydrogen) atoms. The van der Waals surface area contributed by atoms with Crippen LogP contribution in [0.4, 0.5) is 5.13 Å². The van der Waals surface area contributed by atoms with Gasteiger partial charge in [-0.1, -0.05) is 37.2 Å². The maximum Gasteiger partial charge on any atom is 0.358 e. The van der Waals surface area contributed by atoms with Gasteiger partial charge in [0.25, 0.3) is 11.8 Å². The number of nitrogens with two attached hydrogens (primary N) is 1. The van der Waals surface area contributed by atoms with Gasteiger partial charge in [0, 0.05) is 30.5 Å². The number of nitrogens with one attached hydrogen (secondary N) is 1. The zero-order valence-corrected chi connectivity index (χ0v) is 24.7. The van der Waals surface area contributed by atoms with Gasteiger partial charge in [0.15, 0.2) is 10.8 Å². The number of nitrogens with zero attached hydrogens (tertiary/aromatic N) is 4. The Labute approximate surface area is 249 Å². The second-order valence-electron chi connectivity index (χ2n) is 9.30. The molecule has 2 aliphatic rings. The smallest absolute Gasteiger partial charge is 0.358 e. The fourth-order valence-electron chi connectivity index (χ4n) is 4.36. The number of aromatic nitrogens is 2. The highest BCUT2D eigenvalue weighted by atomic mass is 32.2. The Morgan fingerprint density at radius 2 is 2.05 bits per heavy atom. The first-order valence-corrected chi connectivity index (χ1v) is 15.0. The average molecular weight is 615 g/mol. The Bertz CT molecular complexity index is 1440. The molecule has 0 bridgehead atoms. The average Bonchev–Trinajstić information content (AvgIpc) is 3.41. The summed E-state index contributed by atoms with van der Waals surface area (Å²) in [5.74, 6) is -2.77. The van der Waals surface area contributed by atoms with Crippen molar-refractivity contribution in [1.82, 2.24) is 20.2 Å². The number of thioether (sulfide) groups is 1. The predicted octanol–water partition coefficient (Wildman–Crippen LogP) is 2.53. The van der Waals surface area contributed by atoms with Crippen molar-refractivity contribution in [3.8, 4) is 0 Å². The second-order valence-corrected chi connectivity index (χ2v) is 11.3. The summed E-state index contributed by atoms with van der Waals surface area (Å²) in [5.41, 5.74) is 6.52. The molecule has 0 saturated carbocycles. The molecule has 0 spiro atoms. The number of nitrogen functional groups attached to an aromatic ring is 1. The van der Waals surface area contributed by atoms with Crippen molar-refractivity contribution < 1.29 is 33.9 Å². The van der Waals surface area contributed by atoms with Crippen molar-refractivity contribution >= 4 is 63.8 Å². The normalized spacial score (nSPS) is 19.4. The van der Waals surface area contributed by atoms with Gasteiger partial charge in [-0.2, -0.15) is 0 Å². The van der Waals surface area contributed by atoms with E-state index in [1.165, 1.54) is 29.0 Å². The lowest BCUT2D eigenvalue weighted by Crippen LogP contribution is -2.71. The molecule has 2 amide bonds. The molecule has 2 aromatic heterocycles. The minimum Gasteiger partial charge on any atom is -0.425 e. The van der Waals surface area contributed by atoms with Crippen LogP contribution in [0.5, 0.6) is 0 Å². The standard InChI is InChI=1S/C27H30N6O7S2/c1-4-16(5-2)25(36)39-14(3)40-26(37)21-17(9-8-15-7-6-10-29-11-15)12-41-24-20(23(35)33(21)24)31-22(34)19(32-38)18-13-42-27(28)30-18/h6-11,13-14,16,20,24,38H,4-5,12H2,1-3H3,(H2,28,30)(H,31,34)/b9-8-,32-19?/t14-,20+,24+/m0/s1. The van der Waals surface area contributed by atoms with Crippen LogP contribution in [0.25, 0.3) is 6.08 Å². The number of rotatable bonds is 11. The molecule has 0 unspecified atom stereocenters. The molecule has 1 saturated heterocycles. The molecule has 0 radical (unpaired) electrons. The highest BCUT2D eigenvalue weighted by molar-refractivity contribution is 8.00. The van der Waals surface area contributed by atoms with Gasteiger partial charge in [-0.05, 0) is 30.0 Å². The van der Waals surface area contributed by atoms with E-state index in [0.717, 1.165) is 16.9 Å². The van der Waals surface area contributed by atoms with E-state index in [9.17, 15) is 24.4 Å². The molecule has 1 fully saturated rings. The number of oxime groups is 1. The summed E-state index contributed by atoms with van der Waals surface area (Å²) in [6.07, 6.45) is 6.68. The maximum atomic E-state index is 13.4. The molecule has 15 heteroatoms. The molecule has 0 aliphatic carbocycles. The highest BCUT2D eigenvalue weighted by Crippen LogP contribution is 2.41. The number of carbonyl (C=O) groups excluding carboxylic acids is 4. The monoisotopic (exact) mass is 614 g/mol. The largest absolute Gasteiger partial charge is 0.425 e. The van der Waals surface area contributed by atoms with E-state index in [4.69, 9.17) is 15.2 Å². The SMILES string of the molecule is CCC(CC)C(=O)O[C@H](C)OC(=O)C1=C(/C=C\c2cccnc2)CS[C@@H]2[C@H](NC(=O)C(=NO)c3csc(N)n3)C(=O)N12. The molecular weight excluding hydrogens is 584 g/mol. The third-order valence-electron chi connectivity index (χ3n) is 6.59. The summed E-state index contributed by atoms with van der Waals surface area (Å²) in [6, 6.07) is 2.57. The van der Waals surface area contributed by atoms with Crippen molar-refractivity contribution in [2.24, 2.45) is 11.1 Å². The molecule has 4 rings (SSSR count). The lowest BCUT2D eigenvalue weighted by atomic mass is 10.0. The fourth-order valence-corrected chi connectivity index (χ4v) is 6.23.